The second-order valence-electron chi connectivity index (χ2n) is 6.65. The molecule has 1 heterocycles. The van der Waals surface area contributed by atoms with E-state index in [2.05, 4.69) is 36.9 Å². The highest BCUT2D eigenvalue weighted by Gasteiger charge is 2.27. The Morgan fingerprint density at radius 2 is 1.65 bits per heavy atom. The molecule has 1 fully saturated rings. The second-order valence-corrected chi connectivity index (χ2v) is 8.74. The van der Waals surface area contributed by atoms with Crippen LogP contribution in [0, 0.1) is 13.8 Å². The predicted octanol–water partition coefficient (Wildman–Crippen LogP) is 2.83. The topological polar surface area (TPSA) is 49.9 Å². The quantitative estimate of drug-likeness (QED) is 0.780. The lowest BCUT2D eigenvalue weighted by atomic mass is 10.1. The van der Waals surface area contributed by atoms with Gasteiger partial charge < -0.3 is 9.64 Å². The van der Waals surface area contributed by atoms with Crippen molar-refractivity contribution in [3.63, 3.8) is 0 Å². The van der Waals surface area contributed by atoms with Gasteiger partial charge in [-0.25, -0.2) is 8.42 Å². The van der Waals surface area contributed by atoms with Crippen LogP contribution in [-0.4, -0.2) is 51.3 Å². The van der Waals surface area contributed by atoms with Crippen molar-refractivity contribution in [2.45, 2.75) is 13.8 Å². The molecule has 2 aromatic rings. The van der Waals surface area contributed by atoms with Crippen LogP contribution in [0.15, 0.2) is 48.5 Å². The first kappa shape index (κ1) is 18.7. The van der Waals surface area contributed by atoms with E-state index in [4.69, 9.17) is 4.74 Å². The molecule has 0 aromatic heterocycles. The molecule has 1 aliphatic rings. The van der Waals surface area contributed by atoms with Gasteiger partial charge in [-0.05, 0) is 43.2 Å². The van der Waals surface area contributed by atoms with E-state index < -0.39 is 10.0 Å². The largest absolute Gasteiger partial charge is 0.492 e. The van der Waals surface area contributed by atoms with Crippen molar-refractivity contribution < 1.29 is 13.2 Å². The van der Waals surface area contributed by atoms with Gasteiger partial charge in [-0.2, -0.15) is 4.31 Å². The zero-order valence-electron chi connectivity index (χ0n) is 15.4. The maximum atomic E-state index is 12.6. The Kier molecular flexibility index (Phi) is 5.84. The molecule has 26 heavy (non-hydrogen) atoms. The number of benzene rings is 2. The van der Waals surface area contributed by atoms with E-state index in [0.717, 1.165) is 0 Å². The lowest BCUT2D eigenvalue weighted by Gasteiger charge is -2.36. The zero-order chi connectivity index (χ0) is 18.6. The normalized spacial score (nSPS) is 15.8. The summed E-state index contributed by atoms with van der Waals surface area (Å²) in [4.78, 5) is 2.27. The standard InChI is InChI=1S/C20H26N2O3S/c1-17-8-9-18(2)20(16-17)21-10-12-22(13-11-21)26(23,24)15-14-25-19-6-4-3-5-7-19/h3-9,16H,10-15H2,1-2H3. The van der Waals surface area contributed by atoms with E-state index in [1.54, 1.807) is 4.31 Å². The predicted molar refractivity (Wildman–Crippen MR) is 105 cm³/mol. The monoisotopic (exact) mass is 374 g/mol. The number of piperazine rings is 1. The summed E-state index contributed by atoms with van der Waals surface area (Å²) in [7, 11) is -3.30. The lowest BCUT2D eigenvalue weighted by Crippen LogP contribution is -2.49. The number of anilines is 1. The lowest BCUT2D eigenvalue weighted by molar-refractivity contribution is 0.331. The highest BCUT2D eigenvalue weighted by atomic mass is 32.2. The van der Waals surface area contributed by atoms with Gasteiger partial charge in [0.2, 0.25) is 10.0 Å². The molecule has 6 heteroatoms. The summed E-state index contributed by atoms with van der Waals surface area (Å²) < 4.78 is 32.3. The Labute approximate surface area is 156 Å². The van der Waals surface area contributed by atoms with E-state index >= 15 is 0 Å². The van der Waals surface area contributed by atoms with Crippen LogP contribution in [0.5, 0.6) is 5.75 Å². The number of hydrogen-bond acceptors (Lipinski definition) is 4. The average Bonchev–Trinajstić information content (AvgIpc) is 2.64. The molecule has 0 unspecified atom stereocenters. The Morgan fingerprint density at radius 3 is 2.35 bits per heavy atom. The molecule has 0 bridgehead atoms. The zero-order valence-corrected chi connectivity index (χ0v) is 16.2. The van der Waals surface area contributed by atoms with Crippen molar-refractivity contribution in [1.82, 2.24) is 4.31 Å². The van der Waals surface area contributed by atoms with Crippen molar-refractivity contribution in [1.29, 1.82) is 0 Å². The van der Waals surface area contributed by atoms with E-state index in [9.17, 15) is 8.42 Å². The summed E-state index contributed by atoms with van der Waals surface area (Å²) in [6.07, 6.45) is 0. The number of para-hydroxylation sites is 1. The third kappa shape index (κ3) is 4.56. The van der Waals surface area contributed by atoms with Crippen LogP contribution < -0.4 is 9.64 Å². The van der Waals surface area contributed by atoms with Gasteiger partial charge in [0.15, 0.2) is 0 Å². The minimum Gasteiger partial charge on any atom is -0.492 e. The highest BCUT2D eigenvalue weighted by molar-refractivity contribution is 7.89. The Hall–Kier alpha value is -2.05. The molecule has 0 atom stereocenters. The van der Waals surface area contributed by atoms with Crippen LogP contribution in [0.1, 0.15) is 11.1 Å². The molecule has 0 saturated carbocycles. The maximum absolute atomic E-state index is 12.6. The van der Waals surface area contributed by atoms with Gasteiger partial charge in [0.05, 0.1) is 5.75 Å². The molecule has 0 spiro atoms. The summed E-state index contributed by atoms with van der Waals surface area (Å²) >= 11 is 0. The molecule has 0 aliphatic carbocycles. The first-order chi connectivity index (χ1) is 12.5. The van der Waals surface area contributed by atoms with Crippen LogP contribution in [0.2, 0.25) is 0 Å². The van der Waals surface area contributed by atoms with Gasteiger partial charge in [0, 0.05) is 31.9 Å². The van der Waals surface area contributed by atoms with Crippen molar-refractivity contribution in [3.8, 4) is 5.75 Å². The number of sulfonamides is 1. The number of rotatable bonds is 6. The number of hydrogen-bond donors (Lipinski definition) is 0. The fourth-order valence-electron chi connectivity index (χ4n) is 3.18. The number of aryl methyl sites for hydroxylation is 2. The van der Waals surface area contributed by atoms with Gasteiger partial charge in [0.25, 0.3) is 0 Å². The van der Waals surface area contributed by atoms with E-state index in [-0.39, 0.29) is 12.4 Å². The molecule has 2 aromatic carbocycles. The summed E-state index contributed by atoms with van der Waals surface area (Å²) in [6, 6.07) is 15.7. The molecule has 0 radical (unpaired) electrons. The molecule has 1 aliphatic heterocycles. The third-order valence-corrected chi connectivity index (χ3v) is 6.53. The molecule has 0 N–H and O–H groups in total. The van der Waals surface area contributed by atoms with E-state index in [1.165, 1.54) is 16.8 Å². The maximum Gasteiger partial charge on any atom is 0.217 e. The highest BCUT2D eigenvalue weighted by Crippen LogP contribution is 2.23. The summed E-state index contributed by atoms with van der Waals surface area (Å²) in [5, 5.41) is 0. The van der Waals surface area contributed by atoms with E-state index in [0.29, 0.717) is 31.9 Å². The van der Waals surface area contributed by atoms with Crippen molar-refractivity contribution in [3.05, 3.63) is 59.7 Å². The van der Waals surface area contributed by atoms with Gasteiger partial charge in [-0.1, -0.05) is 30.3 Å². The Balaban J connectivity index is 1.54. The van der Waals surface area contributed by atoms with Gasteiger partial charge in [0.1, 0.15) is 12.4 Å². The fraction of sp³-hybridized carbons (Fsp3) is 0.400. The first-order valence-corrected chi connectivity index (χ1v) is 10.5. The van der Waals surface area contributed by atoms with Gasteiger partial charge in [-0.3, -0.25) is 0 Å². The summed E-state index contributed by atoms with van der Waals surface area (Å²) in [5.74, 6) is 0.702. The average molecular weight is 375 g/mol. The molecular weight excluding hydrogens is 348 g/mol. The number of ether oxygens (including phenoxy) is 1. The van der Waals surface area contributed by atoms with Crippen molar-refractivity contribution in [2.75, 3.05) is 43.4 Å². The first-order valence-electron chi connectivity index (χ1n) is 8.93. The van der Waals surface area contributed by atoms with Crippen molar-refractivity contribution in [2.24, 2.45) is 0 Å². The Morgan fingerprint density at radius 1 is 0.962 bits per heavy atom. The van der Waals surface area contributed by atoms with Crippen LogP contribution in [-0.2, 0) is 10.0 Å². The van der Waals surface area contributed by atoms with Crippen LogP contribution in [0.3, 0.4) is 0 Å². The minimum atomic E-state index is -3.30. The SMILES string of the molecule is Cc1ccc(C)c(N2CCN(S(=O)(=O)CCOc3ccccc3)CC2)c1. The third-order valence-electron chi connectivity index (χ3n) is 4.69. The summed E-state index contributed by atoms with van der Waals surface area (Å²) in [5.41, 5.74) is 3.65. The fourth-order valence-corrected chi connectivity index (χ4v) is 4.45. The van der Waals surface area contributed by atoms with Crippen LogP contribution >= 0.6 is 0 Å². The van der Waals surface area contributed by atoms with Crippen molar-refractivity contribution >= 4 is 15.7 Å². The minimum absolute atomic E-state index is 0.00532. The smallest absolute Gasteiger partial charge is 0.217 e. The molecular formula is C20H26N2O3S. The van der Waals surface area contributed by atoms with Gasteiger partial charge >= 0.3 is 0 Å². The molecule has 1 saturated heterocycles. The molecule has 3 rings (SSSR count). The Bertz CT molecular complexity index is 829. The molecule has 5 nitrogen and oxygen atoms in total. The molecule has 0 amide bonds. The molecule has 140 valence electrons. The second kappa shape index (κ2) is 8.10. The van der Waals surface area contributed by atoms with E-state index in [1.807, 2.05) is 30.3 Å². The van der Waals surface area contributed by atoms with Gasteiger partial charge in [-0.15, -0.1) is 0 Å². The number of nitrogens with zero attached hydrogens (tertiary/aromatic N) is 2. The van der Waals surface area contributed by atoms with Crippen LogP contribution in [0.25, 0.3) is 0 Å². The van der Waals surface area contributed by atoms with Crippen LogP contribution in [0.4, 0.5) is 5.69 Å². The summed E-state index contributed by atoms with van der Waals surface area (Å²) in [6.45, 7) is 6.80.